The van der Waals surface area contributed by atoms with Crippen molar-refractivity contribution in [3.8, 4) is 0 Å². The van der Waals surface area contributed by atoms with Crippen LogP contribution in [0.15, 0.2) is 12.2 Å². The summed E-state index contributed by atoms with van der Waals surface area (Å²) in [6.45, 7) is 0. The second-order valence-corrected chi connectivity index (χ2v) is 1.96. The van der Waals surface area contributed by atoms with Crippen molar-refractivity contribution in [3.63, 3.8) is 0 Å². The van der Waals surface area contributed by atoms with Crippen molar-refractivity contribution in [1.82, 2.24) is 0 Å². The average Bonchev–Trinajstić information content (AvgIpc) is 2.14. The molecule has 0 amide bonds. The zero-order valence-corrected chi connectivity index (χ0v) is 4.87. The number of aliphatic hydroxyl groups excluding tert-OH is 1. The monoisotopic (exact) mass is 114 g/mol. The van der Waals surface area contributed by atoms with Gasteiger partial charge in [0.2, 0.25) is 0 Å². The van der Waals surface area contributed by atoms with Crippen LogP contribution in [0.5, 0.6) is 0 Å². The Labute approximate surface area is 48.8 Å². The smallest absolute Gasteiger partial charge is 0.0780 e. The normalized spacial score (nSPS) is 36.2. The van der Waals surface area contributed by atoms with Gasteiger partial charge in [0.1, 0.15) is 0 Å². The van der Waals surface area contributed by atoms with E-state index in [1.54, 1.807) is 13.2 Å². The lowest BCUT2D eigenvalue weighted by Gasteiger charge is -2.03. The fraction of sp³-hybridized carbons (Fsp3) is 0.667. The first-order valence-electron chi connectivity index (χ1n) is 2.72. The first kappa shape index (κ1) is 5.79. The van der Waals surface area contributed by atoms with Crippen LogP contribution in [0.1, 0.15) is 6.42 Å². The number of rotatable bonds is 1. The highest BCUT2D eigenvalue weighted by molar-refractivity contribution is 5.03. The molecule has 0 heterocycles. The van der Waals surface area contributed by atoms with Crippen LogP contribution in [0.4, 0.5) is 0 Å². The van der Waals surface area contributed by atoms with Gasteiger partial charge in [0.15, 0.2) is 0 Å². The molecule has 2 nitrogen and oxygen atoms in total. The van der Waals surface area contributed by atoms with E-state index in [9.17, 15) is 0 Å². The Kier molecular flexibility index (Phi) is 1.65. The van der Waals surface area contributed by atoms with Crippen molar-refractivity contribution < 1.29 is 9.84 Å². The van der Waals surface area contributed by atoms with E-state index in [0.717, 1.165) is 6.42 Å². The van der Waals surface area contributed by atoms with E-state index in [4.69, 9.17) is 9.84 Å². The molecular formula is C6H10O2. The van der Waals surface area contributed by atoms with E-state index >= 15 is 0 Å². The van der Waals surface area contributed by atoms with Crippen molar-refractivity contribution in [2.24, 2.45) is 0 Å². The van der Waals surface area contributed by atoms with Crippen molar-refractivity contribution in [2.45, 2.75) is 18.6 Å². The lowest BCUT2D eigenvalue weighted by atomic mass is 10.3. The summed E-state index contributed by atoms with van der Waals surface area (Å²) in [5.74, 6) is 0. The van der Waals surface area contributed by atoms with Crippen molar-refractivity contribution in [3.05, 3.63) is 12.2 Å². The molecule has 0 fully saturated rings. The van der Waals surface area contributed by atoms with E-state index in [0.29, 0.717) is 0 Å². The van der Waals surface area contributed by atoms with Gasteiger partial charge < -0.3 is 9.84 Å². The molecular weight excluding hydrogens is 104 g/mol. The largest absolute Gasteiger partial charge is 0.389 e. The van der Waals surface area contributed by atoms with E-state index in [2.05, 4.69) is 0 Å². The van der Waals surface area contributed by atoms with Crippen molar-refractivity contribution in [2.75, 3.05) is 7.11 Å². The minimum Gasteiger partial charge on any atom is -0.389 e. The molecule has 1 aliphatic rings. The molecule has 46 valence electrons. The SMILES string of the molecule is CO[C@@H]1C=C[C@@H](O)C1. The first-order valence-corrected chi connectivity index (χ1v) is 2.72. The van der Waals surface area contributed by atoms with Gasteiger partial charge in [0.25, 0.3) is 0 Å². The number of hydrogen-bond acceptors (Lipinski definition) is 2. The van der Waals surface area contributed by atoms with Crippen LogP contribution in [0, 0.1) is 0 Å². The van der Waals surface area contributed by atoms with Crippen LogP contribution in [0.25, 0.3) is 0 Å². The highest BCUT2D eigenvalue weighted by Crippen LogP contribution is 2.11. The van der Waals surface area contributed by atoms with Gasteiger partial charge in [-0.15, -0.1) is 0 Å². The topological polar surface area (TPSA) is 29.5 Å². The average molecular weight is 114 g/mol. The van der Waals surface area contributed by atoms with Crippen LogP contribution in [-0.2, 0) is 4.74 Å². The van der Waals surface area contributed by atoms with Crippen LogP contribution < -0.4 is 0 Å². The second kappa shape index (κ2) is 2.29. The highest BCUT2D eigenvalue weighted by Gasteiger charge is 2.14. The molecule has 0 saturated carbocycles. The summed E-state index contributed by atoms with van der Waals surface area (Å²) in [7, 11) is 1.65. The van der Waals surface area contributed by atoms with Gasteiger partial charge in [-0.1, -0.05) is 12.2 Å². The van der Waals surface area contributed by atoms with Gasteiger partial charge in [-0.3, -0.25) is 0 Å². The molecule has 0 aromatic heterocycles. The van der Waals surface area contributed by atoms with Crippen molar-refractivity contribution in [1.29, 1.82) is 0 Å². The molecule has 0 spiro atoms. The summed E-state index contributed by atoms with van der Waals surface area (Å²) < 4.78 is 4.93. The molecule has 0 saturated heterocycles. The third-order valence-corrected chi connectivity index (χ3v) is 1.32. The molecule has 0 bridgehead atoms. The maximum absolute atomic E-state index is 8.86. The van der Waals surface area contributed by atoms with Gasteiger partial charge >= 0.3 is 0 Å². The van der Waals surface area contributed by atoms with Crippen LogP contribution in [0.2, 0.25) is 0 Å². The Morgan fingerprint density at radius 3 is 2.62 bits per heavy atom. The zero-order chi connectivity index (χ0) is 5.98. The van der Waals surface area contributed by atoms with Gasteiger partial charge in [-0.05, 0) is 0 Å². The third-order valence-electron chi connectivity index (χ3n) is 1.32. The van der Waals surface area contributed by atoms with Gasteiger partial charge in [-0.25, -0.2) is 0 Å². The molecule has 2 heteroatoms. The summed E-state index contributed by atoms with van der Waals surface area (Å²) in [5.41, 5.74) is 0. The van der Waals surface area contributed by atoms with E-state index in [-0.39, 0.29) is 12.2 Å². The lowest BCUT2D eigenvalue weighted by Crippen LogP contribution is -2.07. The Hall–Kier alpha value is -0.340. The van der Waals surface area contributed by atoms with E-state index < -0.39 is 0 Å². The predicted octanol–water partition coefficient (Wildman–Crippen LogP) is 0.322. The molecule has 2 atom stereocenters. The Morgan fingerprint density at radius 1 is 1.62 bits per heavy atom. The summed E-state index contributed by atoms with van der Waals surface area (Å²) >= 11 is 0. The first-order chi connectivity index (χ1) is 3.83. The lowest BCUT2D eigenvalue weighted by molar-refractivity contribution is 0.106. The number of methoxy groups -OCH3 is 1. The van der Waals surface area contributed by atoms with Crippen LogP contribution in [-0.4, -0.2) is 24.4 Å². The molecule has 8 heavy (non-hydrogen) atoms. The molecule has 0 aromatic carbocycles. The minimum absolute atomic E-state index is 0.144. The summed E-state index contributed by atoms with van der Waals surface area (Å²) in [4.78, 5) is 0. The fourth-order valence-corrected chi connectivity index (χ4v) is 0.822. The number of hydrogen-bond donors (Lipinski definition) is 1. The van der Waals surface area contributed by atoms with E-state index in [1.807, 2.05) is 6.08 Å². The zero-order valence-electron chi connectivity index (χ0n) is 4.87. The Balaban J connectivity index is 2.34. The predicted molar refractivity (Wildman–Crippen MR) is 30.6 cm³/mol. The van der Waals surface area contributed by atoms with Crippen LogP contribution >= 0.6 is 0 Å². The molecule has 1 N–H and O–H groups in total. The number of aliphatic hydroxyl groups is 1. The molecule has 0 radical (unpaired) electrons. The summed E-state index contributed by atoms with van der Waals surface area (Å²) in [5, 5.41) is 8.86. The molecule has 0 aromatic rings. The van der Waals surface area contributed by atoms with Gasteiger partial charge in [-0.2, -0.15) is 0 Å². The molecule has 0 aliphatic heterocycles. The second-order valence-electron chi connectivity index (χ2n) is 1.96. The maximum atomic E-state index is 8.86. The number of ether oxygens (including phenoxy) is 1. The van der Waals surface area contributed by atoms with Gasteiger partial charge in [0.05, 0.1) is 12.2 Å². The molecule has 0 unspecified atom stereocenters. The standard InChI is InChI=1S/C6H10O2/c1-8-6-3-2-5(7)4-6/h2-3,5-7H,4H2,1H3/t5-,6-/m1/s1. The Bertz CT molecular complexity index is 98.7. The summed E-state index contributed by atoms with van der Waals surface area (Å²) in [6.07, 6.45) is 4.22. The molecule has 1 rings (SSSR count). The maximum Gasteiger partial charge on any atom is 0.0780 e. The highest BCUT2D eigenvalue weighted by atomic mass is 16.5. The summed E-state index contributed by atoms with van der Waals surface area (Å²) in [6, 6.07) is 0. The Morgan fingerprint density at radius 2 is 2.38 bits per heavy atom. The van der Waals surface area contributed by atoms with E-state index in [1.165, 1.54) is 0 Å². The third kappa shape index (κ3) is 1.08. The minimum atomic E-state index is -0.278. The van der Waals surface area contributed by atoms with Crippen molar-refractivity contribution >= 4 is 0 Å². The fourth-order valence-electron chi connectivity index (χ4n) is 0.822. The molecule has 1 aliphatic carbocycles. The quantitative estimate of drug-likeness (QED) is 0.497. The van der Waals surface area contributed by atoms with Gasteiger partial charge in [0, 0.05) is 13.5 Å². The van der Waals surface area contributed by atoms with Crippen LogP contribution in [0.3, 0.4) is 0 Å².